The van der Waals surface area contributed by atoms with Crippen LogP contribution in [-0.2, 0) is 6.42 Å². The van der Waals surface area contributed by atoms with Crippen molar-refractivity contribution in [2.45, 2.75) is 6.42 Å². The number of carbonyl (C=O) groups is 1. The number of benzene rings is 2. The molecule has 31 heavy (non-hydrogen) atoms. The first kappa shape index (κ1) is 19.3. The lowest BCUT2D eigenvalue weighted by molar-refractivity contribution is 0.0955. The zero-order chi connectivity index (χ0) is 21.2. The molecule has 0 saturated carbocycles. The van der Waals surface area contributed by atoms with E-state index in [1.807, 2.05) is 89.6 Å². The molecule has 152 valence electrons. The summed E-state index contributed by atoms with van der Waals surface area (Å²) in [6.07, 6.45) is 4.59. The lowest BCUT2D eigenvalue weighted by Gasteiger charge is -2.11. The number of amides is 1. The Morgan fingerprint density at radius 2 is 1.77 bits per heavy atom. The van der Waals surface area contributed by atoms with Gasteiger partial charge in [0.1, 0.15) is 5.65 Å². The number of carbonyl (C=O) groups excluding carboxylic acids is 1. The Morgan fingerprint density at radius 3 is 2.65 bits per heavy atom. The van der Waals surface area contributed by atoms with E-state index in [-0.39, 0.29) is 5.91 Å². The van der Waals surface area contributed by atoms with Crippen LogP contribution in [0.5, 0.6) is 0 Å². The normalized spacial score (nSPS) is 11.1. The quantitative estimate of drug-likeness (QED) is 0.421. The molecule has 3 aromatic heterocycles. The van der Waals surface area contributed by atoms with Gasteiger partial charge in [0.25, 0.3) is 5.91 Å². The van der Waals surface area contributed by atoms with E-state index < -0.39 is 0 Å². The summed E-state index contributed by atoms with van der Waals surface area (Å²) in [5.41, 5.74) is 4.64. The van der Waals surface area contributed by atoms with Gasteiger partial charge in [0.2, 0.25) is 0 Å². The second-order valence-electron chi connectivity index (χ2n) is 7.26. The van der Waals surface area contributed by atoms with E-state index in [4.69, 9.17) is 16.6 Å². The second-order valence-corrected chi connectivity index (χ2v) is 7.66. The SMILES string of the molecule is O=C(NCCc1cn2ccccc2n1)c1cc(-c2ccccc2Cl)nc2ccccc12. The monoisotopic (exact) mass is 426 g/mol. The number of nitrogens with zero attached hydrogens (tertiary/aromatic N) is 3. The zero-order valence-corrected chi connectivity index (χ0v) is 17.4. The predicted octanol–water partition coefficient (Wildman–Crippen LogP) is 5.18. The van der Waals surface area contributed by atoms with E-state index in [0.29, 0.717) is 29.2 Å². The summed E-state index contributed by atoms with van der Waals surface area (Å²) >= 11 is 6.38. The summed E-state index contributed by atoms with van der Waals surface area (Å²) in [5, 5.41) is 4.44. The molecule has 5 rings (SSSR count). The van der Waals surface area contributed by atoms with Crippen molar-refractivity contribution in [1.82, 2.24) is 19.7 Å². The molecule has 0 spiro atoms. The third-order valence-electron chi connectivity index (χ3n) is 5.19. The van der Waals surface area contributed by atoms with Crippen molar-refractivity contribution in [3.63, 3.8) is 0 Å². The van der Waals surface area contributed by atoms with Crippen molar-refractivity contribution in [2.24, 2.45) is 0 Å². The minimum atomic E-state index is -0.143. The summed E-state index contributed by atoms with van der Waals surface area (Å²) in [6.45, 7) is 0.487. The molecule has 0 radical (unpaired) electrons. The first-order valence-corrected chi connectivity index (χ1v) is 10.4. The maximum absolute atomic E-state index is 13.1. The average molecular weight is 427 g/mol. The Kier molecular flexibility index (Phi) is 5.10. The van der Waals surface area contributed by atoms with E-state index >= 15 is 0 Å². The number of hydrogen-bond acceptors (Lipinski definition) is 3. The fourth-order valence-electron chi connectivity index (χ4n) is 3.68. The Morgan fingerprint density at radius 1 is 0.968 bits per heavy atom. The van der Waals surface area contributed by atoms with Crippen molar-refractivity contribution in [1.29, 1.82) is 0 Å². The van der Waals surface area contributed by atoms with Crippen LogP contribution in [0.15, 0.2) is 85.2 Å². The number of nitrogens with one attached hydrogen (secondary N) is 1. The Hall–Kier alpha value is -3.70. The van der Waals surface area contributed by atoms with Crippen LogP contribution < -0.4 is 5.32 Å². The van der Waals surface area contributed by atoms with Crippen molar-refractivity contribution < 1.29 is 4.79 Å². The number of fused-ring (bicyclic) bond motifs is 2. The van der Waals surface area contributed by atoms with Crippen LogP contribution in [0.1, 0.15) is 16.1 Å². The highest BCUT2D eigenvalue weighted by Gasteiger charge is 2.15. The number of para-hydroxylation sites is 1. The van der Waals surface area contributed by atoms with Gasteiger partial charge in [-0.3, -0.25) is 4.79 Å². The molecule has 3 heterocycles. The molecule has 1 N–H and O–H groups in total. The maximum atomic E-state index is 13.1. The second kappa shape index (κ2) is 8.20. The van der Waals surface area contributed by atoms with E-state index in [2.05, 4.69) is 10.3 Å². The van der Waals surface area contributed by atoms with Crippen LogP contribution in [0.4, 0.5) is 0 Å². The number of hydrogen-bond donors (Lipinski definition) is 1. The minimum absolute atomic E-state index is 0.143. The first-order valence-electron chi connectivity index (χ1n) is 10.0. The largest absolute Gasteiger partial charge is 0.352 e. The van der Waals surface area contributed by atoms with Gasteiger partial charge in [-0.05, 0) is 30.3 Å². The minimum Gasteiger partial charge on any atom is -0.352 e. The van der Waals surface area contributed by atoms with Crippen LogP contribution in [-0.4, -0.2) is 26.8 Å². The fraction of sp³-hybridized carbons (Fsp3) is 0.0800. The van der Waals surface area contributed by atoms with Gasteiger partial charge in [-0.15, -0.1) is 0 Å². The van der Waals surface area contributed by atoms with Crippen LogP contribution in [0, 0.1) is 0 Å². The summed E-state index contributed by atoms with van der Waals surface area (Å²) < 4.78 is 1.98. The fourth-order valence-corrected chi connectivity index (χ4v) is 3.91. The highest BCUT2D eigenvalue weighted by Crippen LogP contribution is 2.29. The maximum Gasteiger partial charge on any atom is 0.252 e. The van der Waals surface area contributed by atoms with Gasteiger partial charge in [-0.1, -0.05) is 54.1 Å². The number of aromatic nitrogens is 3. The number of rotatable bonds is 5. The summed E-state index contributed by atoms with van der Waals surface area (Å²) in [5.74, 6) is -0.143. The summed E-state index contributed by atoms with van der Waals surface area (Å²) in [7, 11) is 0. The van der Waals surface area contributed by atoms with Gasteiger partial charge in [-0.25, -0.2) is 9.97 Å². The average Bonchev–Trinajstić information content (AvgIpc) is 3.21. The third kappa shape index (κ3) is 3.88. The molecule has 0 unspecified atom stereocenters. The first-order chi connectivity index (χ1) is 15.2. The summed E-state index contributed by atoms with van der Waals surface area (Å²) in [6, 6.07) is 22.8. The topological polar surface area (TPSA) is 59.3 Å². The molecule has 0 atom stereocenters. The van der Waals surface area contributed by atoms with Gasteiger partial charge < -0.3 is 9.72 Å². The van der Waals surface area contributed by atoms with Gasteiger partial charge >= 0.3 is 0 Å². The molecule has 5 nitrogen and oxygen atoms in total. The lowest BCUT2D eigenvalue weighted by Crippen LogP contribution is -2.26. The van der Waals surface area contributed by atoms with Crippen molar-refractivity contribution in [2.75, 3.05) is 6.54 Å². The molecule has 2 aromatic carbocycles. The van der Waals surface area contributed by atoms with Crippen molar-refractivity contribution in [3.05, 3.63) is 101 Å². The lowest BCUT2D eigenvalue weighted by atomic mass is 10.0. The van der Waals surface area contributed by atoms with Gasteiger partial charge in [0.05, 0.1) is 22.5 Å². The standard InChI is InChI=1S/C25H19ClN4O/c26-21-9-3-1-8-19(21)23-15-20(18-7-2-4-10-22(18)29-23)25(31)27-13-12-17-16-30-14-6-5-11-24(30)28-17/h1-11,14-16H,12-13H2,(H,27,31). The molecule has 0 aliphatic carbocycles. The molecule has 5 aromatic rings. The number of halogens is 1. The molecule has 0 aliphatic rings. The smallest absolute Gasteiger partial charge is 0.252 e. The molecule has 0 fully saturated rings. The van der Waals surface area contributed by atoms with E-state index in [0.717, 1.165) is 27.8 Å². The van der Waals surface area contributed by atoms with Gasteiger partial charge in [0.15, 0.2) is 0 Å². The van der Waals surface area contributed by atoms with Crippen molar-refractivity contribution >= 4 is 34.1 Å². The van der Waals surface area contributed by atoms with Crippen molar-refractivity contribution in [3.8, 4) is 11.3 Å². The van der Waals surface area contributed by atoms with Gasteiger partial charge in [-0.2, -0.15) is 0 Å². The molecular formula is C25H19ClN4O. The van der Waals surface area contributed by atoms with Crippen LogP contribution in [0.3, 0.4) is 0 Å². The number of pyridine rings is 2. The number of imidazole rings is 1. The Labute approximate surface area is 184 Å². The molecular weight excluding hydrogens is 408 g/mol. The molecule has 0 bridgehead atoms. The highest BCUT2D eigenvalue weighted by atomic mass is 35.5. The van der Waals surface area contributed by atoms with Gasteiger partial charge in [0, 0.05) is 41.3 Å². The Balaban J connectivity index is 1.41. The summed E-state index contributed by atoms with van der Waals surface area (Å²) in [4.78, 5) is 22.4. The highest BCUT2D eigenvalue weighted by molar-refractivity contribution is 6.33. The molecule has 0 aliphatic heterocycles. The molecule has 1 amide bonds. The van der Waals surface area contributed by atoms with E-state index in [1.165, 1.54) is 0 Å². The molecule has 0 saturated heterocycles. The van der Waals surface area contributed by atoms with E-state index in [9.17, 15) is 4.79 Å². The van der Waals surface area contributed by atoms with Crippen LogP contribution >= 0.6 is 11.6 Å². The Bertz CT molecular complexity index is 1380. The third-order valence-corrected chi connectivity index (χ3v) is 5.52. The van der Waals surface area contributed by atoms with Crippen LogP contribution in [0.25, 0.3) is 27.8 Å². The van der Waals surface area contributed by atoms with Crippen LogP contribution in [0.2, 0.25) is 5.02 Å². The van der Waals surface area contributed by atoms with E-state index in [1.54, 1.807) is 0 Å². The zero-order valence-electron chi connectivity index (χ0n) is 16.6. The predicted molar refractivity (Wildman–Crippen MR) is 123 cm³/mol. The molecule has 6 heteroatoms.